The molecule has 2 N–H and O–H groups in total. The number of nitrogens with zero attached hydrogens (tertiary/aromatic N) is 5. The predicted molar refractivity (Wildman–Crippen MR) is 151 cm³/mol. The highest BCUT2D eigenvalue weighted by molar-refractivity contribution is 7.19. The minimum absolute atomic E-state index is 0.0411. The second-order valence-corrected chi connectivity index (χ2v) is 11.8. The van der Waals surface area contributed by atoms with E-state index in [9.17, 15) is 9.59 Å². The van der Waals surface area contributed by atoms with Crippen LogP contribution in [-0.2, 0) is 25.6 Å². The van der Waals surface area contributed by atoms with E-state index in [0.717, 1.165) is 78.1 Å². The molecule has 1 amide bonds. The number of cyclic esters (lactones) is 1. The van der Waals surface area contributed by atoms with Gasteiger partial charge in [-0.15, -0.1) is 11.3 Å². The van der Waals surface area contributed by atoms with Gasteiger partial charge in [0.2, 0.25) is 5.91 Å². The number of hydrogen-bond acceptors (Lipinski definition) is 10. The normalized spacial score (nSPS) is 22.4. The summed E-state index contributed by atoms with van der Waals surface area (Å²) in [5, 5.41) is 11.1. The molecule has 0 unspecified atom stereocenters. The Labute approximate surface area is 234 Å². The van der Waals surface area contributed by atoms with Crippen molar-refractivity contribution in [3.8, 4) is 11.4 Å². The van der Waals surface area contributed by atoms with E-state index in [2.05, 4.69) is 31.4 Å². The van der Waals surface area contributed by atoms with Crippen LogP contribution in [0.25, 0.3) is 32.5 Å². The molecule has 11 nitrogen and oxygen atoms in total. The summed E-state index contributed by atoms with van der Waals surface area (Å²) >= 11 is 1.75. The monoisotopic (exact) mass is 561 g/mol. The van der Waals surface area contributed by atoms with Crippen LogP contribution in [0.5, 0.6) is 0 Å². The zero-order chi connectivity index (χ0) is 27.2. The second kappa shape index (κ2) is 10.4. The minimum Gasteiger partial charge on any atom is -0.458 e. The molecule has 3 aliphatic rings. The average Bonchev–Trinajstić information content (AvgIpc) is 3.63. The van der Waals surface area contributed by atoms with Crippen LogP contribution in [-0.4, -0.2) is 88.5 Å². The number of hydrogen-bond donors (Lipinski definition) is 2. The number of nitrogens with one attached hydrogen (secondary N) is 2. The third-order valence-electron chi connectivity index (χ3n) is 8.10. The van der Waals surface area contributed by atoms with Crippen LogP contribution in [0, 0.1) is 5.92 Å². The molecule has 0 aliphatic carbocycles. The number of piperidine rings is 1. The Kier molecular flexibility index (Phi) is 6.60. The fraction of sp³-hybridized carbons (Fsp3) is 0.464. The third-order valence-corrected chi connectivity index (χ3v) is 9.21. The Morgan fingerprint density at radius 2 is 2.00 bits per heavy atom. The van der Waals surface area contributed by atoms with Crippen molar-refractivity contribution in [1.29, 1.82) is 0 Å². The highest BCUT2D eigenvalue weighted by Crippen LogP contribution is 2.36. The fourth-order valence-corrected chi connectivity index (χ4v) is 6.94. The fourth-order valence-electron chi connectivity index (χ4n) is 5.78. The molecular formula is C28H31N7O4S. The second-order valence-electron chi connectivity index (χ2n) is 10.7. The molecule has 4 aromatic rings. The van der Waals surface area contributed by atoms with E-state index in [0.29, 0.717) is 19.0 Å². The number of H-pyrrole nitrogens is 1. The van der Waals surface area contributed by atoms with Crippen LogP contribution in [0.1, 0.15) is 24.6 Å². The highest BCUT2D eigenvalue weighted by Gasteiger charge is 2.41. The van der Waals surface area contributed by atoms with Crippen molar-refractivity contribution in [3.05, 3.63) is 35.3 Å². The lowest BCUT2D eigenvalue weighted by atomic mass is 9.95. The van der Waals surface area contributed by atoms with Crippen molar-refractivity contribution in [2.75, 3.05) is 44.3 Å². The van der Waals surface area contributed by atoms with Gasteiger partial charge in [0.1, 0.15) is 6.10 Å². The summed E-state index contributed by atoms with van der Waals surface area (Å²) in [6.45, 7) is 7.20. The lowest BCUT2D eigenvalue weighted by Gasteiger charge is -2.35. The first-order valence-corrected chi connectivity index (χ1v) is 14.6. The Balaban J connectivity index is 1.11. The van der Waals surface area contributed by atoms with E-state index >= 15 is 0 Å². The van der Waals surface area contributed by atoms with Gasteiger partial charge in [0, 0.05) is 41.4 Å². The van der Waals surface area contributed by atoms with Gasteiger partial charge >= 0.3 is 5.97 Å². The molecule has 2 atom stereocenters. The number of anilines is 1. The molecule has 0 saturated carbocycles. The third kappa shape index (κ3) is 4.69. The largest absolute Gasteiger partial charge is 0.458 e. The van der Waals surface area contributed by atoms with Gasteiger partial charge in [0.05, 0.1) is 35.1 Å². The summed E-state index contributed by atoms with van der Waals surface area (Å²) in [5.41, 5.74) is 2.86. The quantitative estimate of drug-likeness (QED) is 0.342. The van der Waals surface area contributed by atoms with Gasteiger partial charge < -0.3 is 19.7 Å². The number of likely N-dealkylation sites (tertiary alicyclic amines) is 1. The summed E-state index contributed by atoms with van der Waals surface area (Å²) in [6, 6.07) is 7.73. The Morgan fingerprint density at radius 1 is 1.18 bits per heavy atom. The zero-order valence-corrected chi connectivity index (χ0v) is 23.1. The lowest BCUT2D eigenvalue weighted by Crippen LogP contribution is -2.59. The molecule has 1 aromatic carbocycles. The molecule has 6 heterocycles. The number of carbonyl (C=O) groups is 2. The van der Waals surface area contributed by atoms with Gasteiger partial charge in [-0.2, -0.15) is 5.10 Å². The number of rotatable bonds is 6. The van der Waals surface area contributed by atoms with E-state index in [1.807, 2.05) is 24.4 Å². The molecule has 40 heavy (non-hydrogen) atoms. The SMILES string of the molecule is C[C@H]1OC(=O)[C@H]1NC(=O)C1CCN(Cc2cc3nc(-c4cccc5[nH]ncc45)nc(N4CCOCC4)c3s2)CC1. The van der Waals surface area contributed by atoms with Crippen LogP contribution >= 0.6 is 11.3 Å². The molecule has 3 aliphatic heterocycles. The first kappa shape index (κ1) is 25.4. The van der Waals surface area contributed by atoms with Gasteiger partial charge in [-0.1, -0.05) is 12.1 Å². The van der Waals surface area contributed by atoms with Crippen LogP contribution in [0.4, 0.5) is 5.82 Å². The maximum atomic E-state index is 12.7. The van der Waals surface area contributed by atoms with Crippen molar-refractivity contribution in [2.24, 2.45) is 5.92 Å². The van der Waals surface area contributed by atoms with Gasteiger partial charge in [-0.05, 0) is 45.0 Å². The van der Waals surface area contributed by atoms with Crippen LogP contribution < -0.4 is 10.2 Å². The summed E-state index contributed by atoms with van der Waals surface area (Å²) in [5.74, 6) is 1.19. The smallest absolute Gasteiger partial charge is 0.332 e. The van der Waals surface area contributed by atoms with Crippen LogP contribution in [0.3, 0.4) is 0 Å². The summed E-state index contributed by atoms with van der Waals surface area (Å²) < 4.78 is 11.7. The molecule has 7 rings (SSSR count). The van der Waals surface area contributed by atoms with Crippen molar-refractivity contribution in [2.45, 2.75) is 38.5 Å². The highest BCUT2D eigenvalue weighted by atomic mass is 32.1. The number of amides is 1. The number of esters is 1. The van der Waals surface area contributed by atoms with Gasteiger partial charge in [0.15, 0.2) is 17.7 Å². The first-order chi connectivity index (χ1) is 19.5. The topological polar surface area (TPSA) is 126 Å². The van der Waals surface area contributed by atoms with Crippen molar-refractivity contribution >= 4 is 50.2 Å². The molecular weight excluding hydrogens is 530 g/mol. The molecule has 0 spiro atoms. The van der Waals surface area contributed by atoms with E-state index in [-0.39, 0.29) is 23.9 Å². The summed E-state index contributed by atoms with van der Waals surface area (Å²) in [6.07, 6.45) is 3.12. The number of aromatic nitrogens is 4. The Hall–Kier alpha value is -3.61. The Bertz CT molecular complexity index is 1570. The number of morpholine rings is 1. The number of benzene rings is 1. The maximum absolute atomic E-state index is 12.7. The first-order valence-electron chi connectivity index (χ1n) is 13.8. The maximum Gasteiger partial charge on any atom is 0.332 e. The van der Waals surface area contributed by atoms with Gasteiger partial charge in [0.25, 0.3) is 0 Å². The number of thiophene rings is 1. The average molecular weight is 562 g/mol. The van der Waals surface area contributed by atoms with Crippen molar-refractivity contribution in [1.82, 2.24) is 30.4 Å². The standard InChI is InChI=1S/C28H31N7O4S/c1-16-23(28(37)39-16)31-27(36)17-5-7-34(8-6-17)15-18-13-22-24(40-18)26(35-9-11-38-12-10-35)32-25(30-22)19-3-2-4-21-20(19)14-29-33-21/h2-4,13-14,16-17,23H,5-12,15H2,1H3,(H,29,33)(H,31,36)/t16-,23+/m1/s1. The molecule has 208 valence electrons. The van der Waals surface area contributed by atoms with E-state index in [1.165, 1.54) is 4.88 Å². The number of fused-ring (bicyclic) bond motifs is 2. The lowest BCUT2D eigenvalue weighted by molar-refractivity contribution is -0.176. The number of ether oxygens (including phenoxy) is 2. The van der Waals surface area contributed by atoms with Crippen LogP contribution in [0.2, 0.25) is 0 Å². The molecule has 3 saturated heterocycles. The number of aromatic amines is 1. The predicted octanol–water partition coefficient (Wildman–Crippen LogP) is 2.71. The molecule has 12 heteroatoms. The molecule has 3 fully saturated rings. The van der Waals surface area contributed by atoms with Gasteiger partial charge in [-0.25, -0.2) is 14.8 Å². The van der Waals surface area contributed by atoms with E-state index in [1.54, 1.807) is 18.3 Å². The van der Waals surface area contributed by atoms with Crippen LogP contribution in [0.15, 0.2) is 30.5 Å². The van der Waals surface area contributed by atoms with E-state index in [4.69, 9.17) is 19.4 Å². The van der Waals surface area contributed by atoms with Crippen molar-refractivity contribution in [3.63, 3.8) is 0 Å². The number of carbonyl (C=O) groups excluding carboxylic acids is 2. The Morgan fingerprint density at radius 3 is 2.77 bits per heavy atom. The summed E-state index contributed by atoms with van der Waals surface area (Å²) in [4.78, 5) is 40.3. The van der Waals surface area contributed by atoms with Crippen molar-refractivity contribution < 1.29 is 19.1 Å². The molecule has 0 radical (unpaired) electrons. The zero-order valence-electron chi connectivity index (χ0n) is 22.3. The minimum atomic E-state index is -0.503. The van der Waals surface area contributed by atoms with E-state index < -0.39 is 6.04 Å². The molecule has 3 aromatic heterocycles. The van der Waals surface area contributed by atoms with Gasteiger partial charge in [-0.3, -0.25) is 14.8 Å². The summed E-state index contributed by atoms with van der Waals surface area (Å²) in [7, 11) is 0. The molecule has 0 bridgehead atoms.